The van der Waals surface area contributed by atoms with E-state index < -0.39 is 4.92 Å². The molecular weight excluding hydrogens is 208 g/mol. The van der Waals surface area contributed by atoms with Crippen molar-refractivity contribution in [3.63, 3.8) is 0 Å². The second kappa shape index (κ2) is 5.39. The van der Waals surface area contributed by atoms with Crippen LogP contribution in [0, 0.1) is 16.0 Å². The highest BCUT2D eigenvalue weighted by Crippen LogP contribution is 2.11. The highest BCUT2D eigenvalue weighted by atomic mass is 16.6. The Morgan fingerprint density at radius 2 is 1.94 bits per heavy atom. The van der Waals surface area contributed by atoms with Crippen molar-refractivity contribution in [1.29, 1.82) is 0 Å². The van der Waals surface area contributed by atoms with E-state index in [2.05, 4.69) is 29.1 Å². The number of rotatable bonds is 5. The Morgan fingerprint density at radius 3 is 2.38 bits per heavy atom. The fraction of sp³-hybridized carbons (Fsp3) is 0.600. The molecule has 0 aromatic carbocycles. The van der Waals surface area contributed by atoms with Crippen LogP contribution in [0.2, 0.25) is 0 Å². The summed E-state index contributed by atoms with van der Waals surface area (Å²) in [7, 11) is 0. The van der Waals surface area contributed by atoms with Gasteiger partial charge in [-0.3, -0.25) is 10.1 Å². The number of nitrogens with one attached hydrogen (secondary N) is 1. The first kappa shape index (κ1) is 12.4. The second-order valence-electron chi connectivity index (χ2n) is 4.20. The maximum Gasteiger partial charge on any atom is 0.305 e. The minimum atomic E-state index is -0.513. The first-order valence-electron chi connectivity index (χ1n) is 5.22. The van der Waals surface area contributed by atoms with E-state index in [0.717, 1.165) is 6.42 Å². The molecule has 1 heterocycles. The van der Waals surface area contributed by atoms with Gasteiger partial charge in [-0.05, 0) is 19.3 Å². The molecule has 0 spiro atoms. The van der Waals surface area contributed by atoms with E-state index >= 15 is 0 Å². The Morgan fingerprint density at radius 1 is 1.38 bits per heavy atom. The molecule has 1 unspecified atom stereocenters. The Balaban J connectivity index is 2.58. The van der Waals surface area contributed by atoms with Crippen molar-refractivity contribution in [2.24, 2.45) is 5.92 Å². The molecule has 1 aromatic heterocycles. The zero-order chi connectivity index (χ0) is 12.1. The molecule has 1 rings (SSSR count). The number of nitro groups is 1. The lowest BCUT2D eigenvalue weighted by Crippen LogP contribution is -2.19. The van der Waals surface area contributed by atoms with E-state index in [9.17, 15) is 10.1 Å². The van der Waals surface area contributed by atoms with Crippen LogP contribution in [0.5, 0.6) is 0 Å². The molecule has 0 aliphatic heterocycles. The molecule has 0 radical (unpaired) electrons. The van der Waals surface area contributed by atoms with Crippen LogP contribution in [0.1, 0.15) is 27.2 Å². The molecule has 6 heteroatoms. The summed E-state index contributed by atoms with van der Waals surface area (Å²) in [6.07, 6.45) is 3.41. The van der Waals surface area contributed by atoms with Crippen LogP contribution in [-0.4, -0.2) is 20.9 Å². The normalized spacial score (nSPS) is 12.5. The summed E-state index contributed by atoms with van der Waals surface area (Å²) in [6, 6.07) is 0.251. The maximum absolute atomic E-state index is 10.4. The Bertz CT molecular complexity index is 350. The van der Waals surface area contributed by atoms with Gasteiger partial charge >= 0.3 is 5.69 Å². The van der Waals surface area contributed by atoms with Crippen LogP contribution in [-0.2, 0) is 0 Å². The molecule has 1 atom stereocenters. The molecule has 0 fully saturated rings. The number of aromatic nitrogens is 2. The van der Waals surface area contributed by atoms with Gasteiger partial charge in [-0.1, -0.05) is 13.8 Å². The quantitative estimate of drug-likeness (QED) is 0.612. The lowest BCUT2D eigenvalue weighted by molar-refractivity contribution is -0.385. The molecule has 88 valence electrons. The van der Waals surface area contributed by atoms with E-state index in [1.165, 1.54) is 12.4 Å². The van der Waals surface area contributed by atoms with Crippen molar-refractivity contribution in [3.05, 3.63) is 22.5 Å². The van der Waals surface area contributed by atoms with Gasteiger partial charge in [0.25, 0.3) is 0 Å². The molecule has 0 saturated carbocycles. The van der Waals surface area contributed by atoms with Crippen LogP contribution >= 0.6 is 0 Å². The zero-order valence-electron chi connectivity index (χ0n) is 9.67. The Hall–Kier alpha value is -1.72. The summed E-state index contributed by atoms with van der Waals surface area (Å²) >= 11 is 0. The van der Waals surface area contributed by atoms with Crippen LogP contribution in [0.3, 0.4) is 0 Å². The summed E-state index contributed by atoms with van der Waals surface area (Å²) < 4.78 is 0. The summed E-state index contributed by atoms with van der Waals surface area (Å²) in [5.74, 6) is 1.01. The van der Waals surface area contributed by atoms with Gasteiger partial charge in [-0.15, -0.1) is 0 Å². The minimum absolute atomic E-state index is 0.0953. The lowest BCUT2D eigenvalue weighted by Gasteiger charge is -2.15. The number of hydrogen-bond acceptors (Lipinski definition) is 5. The van der Waals surface area contributed by atoms with Gasteiger partial charge in [-0.2, -0.15) is 0 Å². The lowest BCUT2D eigenvalue weighted by atomic mass is 10.1. The highest BCUT2D eigenvalue weighted by molar-refractivity contribution is 5.31. The maximum atomic E-state index is 10.4. The third-order valence-corrected chi connectivity index (χ3v) is 2.05. The molecule has 1 N–H and O–H groups in total. The van der Waals surface area contributed by atoms with Crippen LogP contribution in [0.25, 0.3) is 0 Å². The first-order valence-corrected chi connectivity index (χ1v) is 5.22. The first-order chi connectivity index (χ1) is 7.49. The average molecular weight is 224 g/mol. The van der Waals surface area contributed by atoms with Crippen molar-refractivity contribution >= 4 is 11.6 Å². The van der Waals surface area contributed by atoms with Gasteiger partial charge in [0.2, 0.25) is 5.95 Å². The van der Waals surface area contributed by atoms with Crippen molar-refractivity contribution in [1.82, 2.24) is 9.97 Å². The molecule has 0 aliphatic rings. The average Bonchev–Trinajstić information content (AvgIpc) is 2.16. The minimum Gasteiger partial charge on any atom is -0.352 e. The van der Waals surface area contributed by atoms with E-state index in [1.54, 1.807) is 0 Å². The third kappa shape index (κ3) is 3.80. The summed E-state index contributed by atoms with van der Waals surface area (Å²) in [5.41, 5.74) is -0.0953. The molecule has 0 saturated heterocycles. The van der Waals surface area contributed by atoms with E-state index in [4.69, 9.17) is 0 Å². The standard InChI is InChI=1S/C10H16N4O2/c1-7(2)4-8(3)13-10-11-5-9(6-12-10)14(15)16/h5-8H,4H2,1-3H3,(H,11,12,13). The third-order valence-electron chi connectivity index (χ3n) is 2.05. The smallest absolute Gasteiger partial charge is 0.305 e. The van der Waals surface area contributed by atoms with Crippen LogP contribution in [0.15, 0.2) is 12.4 Å². The predicted molar refractivity (Wildman–Crippen MR) is 61.2 cm³/mol. The fourth-order valence-corrected chi connectivity index (χ4v) is 1.48. The van der Waals surface area contributed by atoms with Gasteiger partial charge < -0.3 is 5.32 Å². The topological polar surface area (TPSA) is 81.0 Å². The number of hydrogen-bond donors (Lipinski definition) is 1. The Kier molecular flexibility index (Phi) is 4.16. The van der Waals surface area contributed by atoms with Crippen molar-refractivity contribution in [2.45, 2.75) is 33.2 Å². The molecular formula is C10H16N4O2. The van der Waals surface area contributed by atoms with E-state index in [0.29, 0.717) is 11.9 Å². The summed E-state index contributed by atoms with van der Waals surface area (Å²) in [6.45, 7) is 6.30. The van der Waals surface area contributed by atoms with Gasteiger partial charge in [0.1, 0.15) is 12.4 Å². The summed E-state index contributed by atoms with van der Waals surface area (Å²) in [4.78, 5) is 17.6. The molecule has 0 amide bonds. The number of nitrogens with zero attached hydrogens (tertiary/aromatic N) is 3. The fourth-order valence-electron chi connectivity index (χ4n) is 1.48. The molecule has 0 aliphatic carbocycles. The molecule has 6 nitrogen and oxygen atoms in total. The van der Waals surface area contributed by atoms with Gasteiger partial charge in [0.15, 0.2) is 0 Å². The van der Waals surface area contributed by atoms with Gasteiger partial charge in [0.05, 0.1) is 4.92 Å². The van der Waals surface area contributed by atoms with E-state index in [-0.39, 0.29) is 11.7 Å². The van der Waals surface area contributed by atoms with Crippen molar-refractivity contribution in [3.8, 4) is 0 Å². The monoisotopic (exact) mass is 224 g/mol. The Labute approximate surface area is 94.3 Å². The van der Waals surface area contributed by atoms with E-state index in [1.807, 2.05) is 6.92 Å². The van der Waals surface area contributed by atoms with Crippen molar-refractivity contribution < 1.29 is 4.92 Å². The predicted octanol–water partition coefficient (Wildman–Crippen LogP) is 2.23. The second-order valence-corrected chi connectivity index (χ2v) is 4.20. The van der Waals surface area contributed by atoms with Crippen molar-refractivity contribution in [2.75, 3.05) is 5.32 Å². The SMILES string of the molecule is CC(C)CC(C)Nc1ncc([N+](=O)[O-])cn1. The molecule has 16 heavy (non-hydrogen) atoms. The van der Waals surface area contributed by atoms with Gasteiger partial charge in [0, 0.05) is 6.04 Å². The van der Waals surface area contributed by atoms with Crippen LogP contribution in [0.4, 0.5) is 11.6 Å². The van der Waals surface area contributed by atoms with Gasteiger partial charge in [-0.25, -0.2) is 9.97 Å². The zero-order valence-corrected chi connectivity index (χ0v) is 9.67. The molecule has 1 aromatic rings. The molecule has 0 bridgehead atoms. The summed E-state index contributed by atoms with van der Waals surface area (Å²) in [5, 5.41) is 13.5. The number of anilines is 1. The van der Waals surface area contributed by atoms with Crippen LogP contribution < -0.4 is 5.32 Å². The largest absolute Gasteiger partial charge is 0.352 e. The highest BCUT2D eigenvalue weighted by Gasteiger charge is 2.09.